The number of nitrogens with zero attached hydrogens (tertiary/aromatic N) is 14. The van der Waals surface area contributed by atoms with E-state index in [2.05, 4.69) is 46.1 Å². The number of fused-ring (bicyclic) bond motifs is 6. The van der Waals surface area contributed by atoms with Crippen LogP contribution >= 0.6 is 39.1 Å². The van der Waals surface area contributed by atoms with Gasteiger partial charge < -0.3 is 28.6 Å². The molecule has 26 heteroatoms. The van der Waals surface area contributed by atoms with Crippen LogP contribution in [0.25, 0.3) is 77.5 Å². The Morgan fingerprint density at radius 1 is 0.632 bits per heavy atom. The molecule has 3 fully saturated rings. The van der Waals surface area contributed by atoms with Crippen molar-refractivity contribution in [2.45, 2.75) is 149 Å². The lowest BCUT2D eigenvalue weighted by Crippen LogP contribution is -2.45. The topological polar surface area (TPSA) is 219 Å². The number of rotatable bonds is 6. The Hall–Kier alpha value is -7.90. The highest BCUT2D eigenvalue weighted by molar-refractivity contribution is 9.10. The summed E-state index contributed by atoms with van der Waals surface area (Å²) in [6.45, 7) is 16.8. The van der Waals surface area contributed by atoms with Crippen LogP contribution in [0, 0.1) is 0 Å². The summed E-state index contributed by atoms with van der Waals surface area (Å²) in [7, 11) is 3.37. The molecule has 3 saturated heterocycles. The van der Waals surface area contributed by atoms with Crippen molar-refractivity contribution < 1.29 is 36.6 Å². The monoisotopic (exact) mass is 1400 g/mol. The quantitative estimate of drug-likeness (QED) is 0.112. The second-order valence-corrected chi connectivity index (χ2v) is 29.1. The first kappa shape index (κ1) is 63.2. The predicted molar refractivity (Wildman–Crippen MR) is 380 cm³/mol. The Morgan fingerprint density at radius 3 is 1.48 bits per heavy atom. The molecule has 0 bridgehead atoms. The number of halogens is 3. The number of carbonyl (C=O) groups is 2. The van der Waals surface area contributed by atoms with Crippen molar-refractivity contribution in [3.63, 3.8) is 0 Å². The lowest BCUT2D eigenvalue weighted by atomic mass is 9.80. The summed E-state index contributed by atoms with van der Waals surface area (Å²) in [6, 6.07) is 18.2. The fourth-order valence-electron chi connectivity index (χ4n) is 11.5. The molecule has 0 aliphatic carbocycles. The summed E-state index contributed by atoms with van der Waals surface area (Å²) in [4.78, 5) is 73.9. The summed E-state index contributed by atoms with van der Waals surface area (Å²) in [5.74, 6) is 0. The van der Waals surface area contributed by atoms with E-state index < -0.39 is 54.8 Å². The third-order valence-electron chi connectivity index (χ3n) is 16.6. The van der Waals surface area contributed by atoms with Gasteiger partial charge in [0, 0.05) is 125 Å². The number of aromatic nitrogens is 12. The zero-order valence-electron chi connectivity index (χ0n) is 61.0. The molecule has 13 rings (SSSR count). The maximum absolute atomic E-state index is 13.9. The number of aryl methyl sites for hydroxylation is 4. The molecule has 0 saturated carbocycles. The zero-order chi connectivity index (χ0) is 72.9. The standard InChI is InChI=1S/C30H33N7O3.C21H25BrN4O3.C15H20BN3O2.C2H4Cl2.CH4/c1-30(2,3)40-29(39)36-12-6-7-22(18-36)37-27-23-13-19(8-11-25(23)32-16-26(27)35(5)28(37)38)20-9-10-24(31-14-20)21-15-33-34(4)17-21;1-21(2,3)29-20(28)25-9-5-6-14(12-25)26-18-15-10-13(22)7-8-16(15)23-11-17(18)24(4)19(26)27;1-14(2)15(3,4)21-16(20-14)12-6-7-13(17-9-12)11-8-18-19(5)10-11;1-2(3)4;/h8-11,13-17,22H,6-7,12,18H2,1-5H3;7-8,10-11,14H,5-6,9,12H2,1-4H3;6-10H,1-5H3;2H,1H3;1H4/i5D3;4D3;;;. The number of pyridine rings is 4. The first-order valence-electron chi connectivity index (χ1n) is 34.0. The van der Waals surface area contributed by atoms with Crippen molar-refractivity contribution in [1.82, 2.24) is 67.6 Å². The Kier molecular flexibility index (Phi) is 18.9. The normalized spacial score (nSPS) is 18.2. The van der Waals surface area contributed by atoms with E-state index in [1.807, 2.05) is 121 Å². The molecule has 2 atom stereocenters. The molecule has 2 amide bonds. The Balaban J connectivity index is 0.000000180. The Morgan fingerprint density at radius 2 is 1.07 bits per heavy atom. The van der Waals surface area contributed by atoms with Gasteiger partial charge in [0.1, 0.15) is 16.0 Å². The third kappa shape index (κ3) is 16.0. The molecule has 0 radical (unpaired) electrons. The van der Waals surface area contributed by atoms with E-state index in [4.69, 9.17) is 50.2 Å². The second-order valence-electron chi connectivity index (χ2n) is 26.6. The van der Waals surface area contributed by atoms with Gasteiger partial charge in [0.05, 0.1) is 92.6 Å². The summed E-state index contributed by atoms with van der Waals surface area (Å²) in [6.07, 6.45) is 15.5. The molecule has 504 valence electrons. The van der Waals surface area contributed by atoms with Crippen LogP contribution in [0.5, 0.6) is 0 Å². The average Bonchev–Trinajstić information content (AvgIpc) is 1.59. The minimum absolute atomic E-state index is 0. The molecule has 3 aliphatic rings. The molecule has 8 aromatic heterocycles. The van der Waals surface area contributed by atoms with Crippen molar-refractivity contribution in [1.29, 1.82) is 0 Å². The largest absolute Gasteiger partial charge is 0.496 e. The van der Waals surface area contributed by atoms with E-state index in [9.17, 15) is 19.2 Å². The first-order valence-corrected chi connectivity index (χ1v) is 32.6. The fraction of sp³-hybridized carbons (Fsp3) is 0.449. The van der Waals surface area contributed by atoms with Crippen molar-refractivity contribution in [3.8, 4) is 33.6 Å². The van der Waals surface area contributed by atoms with E-state index in [-0.39, 0.29) is 60.7 Å². The minimum Gasteiger partial charge on any atom is -0.444 e. The van der Waals surface area contributed by atoms with E-state index >= 15 is 0 Å². The van der Waals surface area contributed by atoms with Crippen LogP contribution in [0.1, 0.15) is 130 Å². The van der Waals surface area contributed by atoms with E-state index in [0.29, 0.717) is 71.6 Å². The number of amides is 2. The highest BCUT2D eigenvalue weighted by Gasteiger charge is 2.52. The van der Waals surface area contributed by atoms with Gasteiger partial charge in [-0.25, -0.2) is 19.2 Å². The van der Waals surface area contributed by atoms with Crippen LogP contribution < -0.4 is 16.8 Å². The molecule has 22 nitrogen and oxygen atoms in total. The number of imidazole rings is 2. The number of carbonyl (C=O) groups excluding carboxylic acids is 2. The van der Waals surface area contributed by atoms with Gasteiger partial charge in [0.25, 0.3) is 0 Å². The van der Waals surface area contributed by atoms with E-state index in [0.717, 1.165) is 52.7 Å². The Labute approximate surface area is 581 Å². The van der Waals surface area contributed by atoms with Gasteiger partial charge in [-0.05, 0) is 150 Å². The van der Waals surface area contributed by atoms with Crippen molar-refractivity contribution >= 4 is 108 Å². The number of likely N-dealkylation sites (tertiary alicyclic amines) is 2. The number of alkyl halides is 2. The van der Waals surface area contributed by atoms with Gasteiger partial charge >= 0.3 is 30.7 Å². The molecule has 0 spiro atoms. The lowest BCUT2D eigenvalue weighted by Gasteiger charge is -2.34. The summed E-state index contributed by atoms with van der Waals surface area (Å²) < 4.78 is 80.4. The van der Waals surface area contributed by atoms with Crippen LogP contribution in [-0.4, -0.2) is 140 Å². The summed E-state index contributed by atoms with van der Waals surface area (Å²) in [5.41, 5.74) is 5.66. The fourth-order valence-corrected chi connectivity index (χ4v) is 11.8. The predicted octanol–water partition coefficient (Wildman–Crippen LogP) is 13.4. The molecule has 3 aliphatic heterocycles. The SMILES string of the molecule is C.CC(Cl)Cl.Cn1cc(-c2ccc(B3OC(C)(C)C(C)(C)O3)cn2)cn1.[2H]C([2H])([2H])n1c(=O)n(C2CCCN(C(=O)OC(C)(C)C)C2)c2c3cc(-c4ccc(-c5cnn(C)c5)nc4)ccc3ncc21.[2H]C([2H])([2H])n1c(=O)n(C2CCCN(C(=O)OC(C)(C)C)C2)c2c3cc(Br)ccc3ncc21. The van der Waals surface area contributed by atoms with Crippen LogP contribution in [0.4, 0.5) is 9.59 Å². The van der Waals surface area contributed by atoms with Gasteiger partial charge in [-0.1, -0.05) is 41.6 Å². The van der Waals surface area contributed by atoms with Crippen LogP contribution in [0.15, 0.2) is 124 Å². The van der Waals surface area contributed by atoms with E-state index in [1.54, 1.807) is 86.2 Å². The van der Waals surface area contributed by atoms with Crippen LogP contribution in [0.3, 0.4) is 0 Å². The number of benzene rings is 2. The Bertz CT molecular complexity index is 4750. The van der Waals surface area contributed by atoms with Crippen molar-refractivity contribution in [2.75, 3.05) is 26.2 Å². The molecular formula is C69H86BBrCl2N14O8. The van der Waals surface area contributed by atoms with Crippen molar-refractivity contribution in [2.24, 2.45) is 28.0 Å². The summed E-state index contributed by atoms with van der Waals surface area (Å²) >= 11 is 13.5. The maximum Gasteiger partial charge on any atom is 0.496 e. The number of hydrogen-bond donors (Lipinski definition) is 0. The maximum atomic E-state index is 13.9. The number of piperidine rings is 2. The highest BCUT2D eigenvalue weighted by atomic mass is 79.9. The molecule has 11 heterocycles. The second kappa shape index (κ2) is 28.4. The van der Waals surface area contributed by atoms with Gasteiger partial charge in [-0.15, -0.1) is 23.2 Å². The molecule has 10 aromatic rings. The number of hydrogen-bond acceptors (Lipinski definition) is 14. The van der Waals surface area contributed by atoms with E-state index in [1.165, 1.54) is 21.5 Å². The van der Waals surface area contributed by atoms with Gasteiger partial charge in [0.15, 0.2) is 0 Å². The van der Waals surface area contributed by atoms with Gasteiger partial charge in [-0.3, -0.25) is 47.6 Å². The third-order valence-corrected chi connectivity index (χ3v) is 17.1. The van der Waals surface area contributed by atoms with Gasteiger partial charge in [-0.2, -0.15) is 10.2 Å². The first-order chi connectivity index (χ1) is 46.7. The molecule has 2 unspecified atom stereocenters. The van der Waals surface area contributed by atoms with Crippen LogP contribution in [0.2, 0.25) is 0 Å². The number of ether oxygens (including phenoxy) is 2. The van der Waals surface area contributed by atoms with Crippen molar-refractivity contribution in [3.05, 3.63) is 136 Å². The minimum atomic E-state index is -2.72. The van der Waals surface area contributed by atoms with Gasteiger partial charge in [0.2, 0.25) is 0 Å². The smallest absolute Gasteiger partial charge is 0.444 e. The molecule has 0 N–H and O–H groups in total. The molecule has 2 aromatic carbocycles. The molecule has 95 heavy (non-hydrogen) atoms. The lowest BCUT2D eigenvalue weighted by molar-refractivity contribution is 0.00578. The average molecular weight is 1410 g/mol. The van der Waals surface area contributed by atoms with Crippen LogP contribution in [-0.2, 0) is 46.8 Å². The zero-order valence-corrected chi connectivity index (χ0v) is 58.1. The highest BCUT2D eigenvalue weighted by Crippen LogP contribution is 2.38. The molecular weight excluding hydrogens is 1310 g/mol. The summed E-state index contributed by atoms with van der Waals surface area (Å²) in [5, 5.41) is 9.68.